The number of nitrogens with one attached hydrogen (secondary N) is 1. The third-order valence-corrected chi connectivity index (χ3v) is 3.39. The van der Waals surface area contributed by atoms with Crippen molar-refractivity contribution in [3.05, 3.63) is 46.4 Å². The van der Waals surface area contributed by atoms with Gasteiger partial charge in [0.2, 0.25) is 5.91 Å². The lowest BCUT2D eigenvalue weighted by atomic mass is 10.1. The van der Waals surface area contributed by atoms with Crippen molar-refractivity contribution in [1.29, 1.82) is 0 Å². The summed E-state index contributed by atoms with van der Waals surface area (Å²) in [6, 6.07) is 7.16. The molecule has 2 heterocycles. The minimum absolute atomic E-state index is 0.205. The molecule has 3 rings (SSSR count). The molecule has 0 aliphatic carbocycles. The molecular weight excluding hydrogens is 242 g/mol. The van der Waals surface area contributed by atoms with Gasteiger partial charge in [-0.15, -0.1) is 0 Å². The SMILES string of the molecule is CCn1c2cccc(C(N)=O)c2c2c(=O)[nH]ccc21. The van der Waals surface area contributed by atoms with E-state index in [-0.39, 0.29) is 5.56 Å². The van der Waals surface area contributed by atoms with Gasteiger partial charge in [-0.25, -0.2) is 0 Å². The van der Waals surface area contributed by atoms with E-state index < -0.39 is 5.91 Å². The zero-order valence-electron chi connectivity index (χ0n) is 10.4. The lowest BCUT2D eigenvalue weighted by molar-refractivity contribution is 0.100. The normalized spacial score (nSPS) is 11.2. The molecule has 0 saturated carbocycles. The van der Waals surface area contributed by atoms with E-state index in [0.717, 1.165) is 11.0 Å². The van der Waals surface area contributed by atoms with Crippen LogP contribution in [0.5, 0.6) is 0 Å². The van der Waals surface area contributed by atoms with Crippen LogP contribution in [0.2, 0.25) is 0 Å². The smallest absolute Gasteiger partial charge is 0.258 e. The van der Waals surface area contributed by atoms with E-state index >= 15 is 0 Å². The minimum Gasteiger partial charge on any atom is -0.366 e. The van der Waals surface area contributed by atoms with Gasteiger partial charge >= 0.3 is 0 Å². The van der Waals surface area contributed by atoms with Crippen LogP contribution in [0.15, 0.2) is 35.3 Å². The van der Waals surface area contributed by atoms with Crippen LogP contribution in [0.25, 0.3) is 21.8 Å². The van der Waals surface area contributed by atoms with Gasteiger partial charge in [0.25, 0.3) is 5.56 Å². The van der Waals surface area contributed by atoms with E-state index in [9.17, 15) is 9.59 Å². The third kappa shape index (κ3) is 1.48. The molecule has 2 aromatic heterocycles. The Morgan fingerprint density at radius 3 is 2.68 bits per heavy atom. The van der Waals surface area contributed by atoms with E-state index in [1.54, 1.807) is 18.3 Å². The molecule has 3 N–H and O–H groups in total. The summed E-state index contributed by atoms with van der Waals surface area (Å²) in [6.45, 7) is 2.71. The molecule has 0 aliphatic rings. The maximum absolute atomic E-state index is 12.1. The van der Waals surface area contributed by atoms with Crippen molar-refractivity contribution in [3.8, 4) is 0 Å². The van der Waals surface area contributed by atoms with Gasteiger partial charge in [-0.2, -0.15) is 0 Å². The number of fused-ring (bicyclic) bond motifs is 3. The minimum atomic E-state index is -0.524. The fraction of sp³-hybridized carbons (Fsp3) is 0.143. The van der Waals surface area contributed by atoms with E-state index in [1.807, 2.05) is 23.6 Å². The molecule has 0 unspecified atom stereocenters. The Labute approximate surface area is 108 Å². The molecule has 0 fully saturated rings. The van der Waals surface area contributed by atoms with Crippen molar-refractivity contribution in [3.63, 3.8) is 0 Å². The zero-order chi connectivity index (χ0) is 13.6. The number of H-pyrrole nitrogens is 1. The fourth-order valence-corrected chi connectivity index (χ4v) is 2.64. The number of hydrogen-bond acceptors (Lipinski definition) is 2. The maximum Gasteiger partial charge on any atom is 0.258 e. The number of carbonyl (C=O) groups is 1. The highest BCUT2D eigenvalue weighted by Crippen LogP contribution is 2.28. The van der Waals surface area contributed by atoms with Crippen molar-refractivity contribution in [2.45, 2.75) is 13.5 Å². The van der Waals surface area contributed by atoms with Gasteiger partial charge in [-0.3, -0.25) is 9.59 Å². The number of pyridine rings is 1. The molecule has 19 heavy (non-hydrogen) atoms. The second-order valence-corrected chi connectivity index (χ2v) is 4.38. The average molecular weight is 255 g/mol. The Kier molecular flexibility index (Phi) is 2.41. The maximum atomic E-state index is 12.1. The highest BCUT2D eigenvalue weighted by atomic mass is 16.1. The van der Waals surface area contributed by atoms with Crippen LogP contribution in [0.3, 0.4) is 0 Å². The molecule has 1 amide bonds. The van der Waals surface area contributed by atoms with Gasteiger partial charge in [0.05, 0.1) is 16.4 Å². The van der Waals surface area contributed by atoms with Crippen molar-refractivity contribution >= 4 is 27.7 Å². The summed E-state index contributed by atoms with van der Waals surface area (Å²) >= 11 is 0. The highest BCUT2D eigenvalue weighted by Gasteiger charge is 2.17. The van der Waals surface area contributed by atoms with Crippen molar-refractivity contribution in [1.82, 2.24) is 9.55 Å². The number of hydrogen-bond donors (Lipinski definition) is 2. The van der Waals surface area contributed by atoms with Gasteiger partial charge in [0.15, 0.2) is 0 Å². The van der Waals surface area contributed by atoms with Gasteiger partial charge in [-0.05, 0) is 25.1 Å². The Morgan fingerprint density at radius 1 is 1.26 bits per heavy atom. The number of amides is 1. The van der Waals surface area contributed by atoms with Crippen LogP contribution in [0.1, 0.15) is 17.3 Å². The zero-order valence-corrected chi connectivity index (χ0v) is 10.4. The molecule has 3 aromatic rings. The van der Waals surface area contributed by atoms with Crippen LogP contribution in [-0.4, -0.2) is 15.5 Å². The van der Waals surface area contributed by atoms with Crippen LogP contribution >= 0.6 is 0 Å². The first-order valence-corrected chi connectivity index (χ1v) is 6.07. The molecule has 0 saturated heterocycles. The van der Waals surface area contributed by atoms with Gasteiger partial charge < -0.3 is 15.3 Å². The molecular formula is C14H13N3O2. The summed E-state index contributed by atoms with van der Waals surface area (Å²) in [5.74, 6) is -0.524. The second-order valence-electron chi connectivity index (χ2n) is 4.38. The number of rotatable bonds is 2. The number of carbonyl (C=O) groups excluding carboxylic acids is 1. The third-order valence-electron chi connectivity index (χ3n) is 3.39. The molecule has 96 valence electrons. The number of benzene rings is 1. The summed E-state index contributed by atoms with van der Waals surface area (Å²) in [6.07, 6.45) is 1.61. The van der Waals surface area contributed by atoms with E-state index in [1.165, 1.54) is 0 Å². The topological polar surface area (TPSA) is 80.9 Å². The average Bonchev–Trinajstić information content (AvgIpc) is 2.73. The van der Waals surface area contributed by atoms with Crippen LogP contribution in [0, 0.1) is 0 Å². The number of nitrogens with two attached hydrogens (primary N) is 1. The Hall–Kier alpha value is -2.56. The first-order chi connectivity index (χ1) is 9.15. The predicted molar refractivity (Wildman–Crippen MR) is 74.3 cm³/mol. The van der Waals surface area contributed by atoms with E-state index in [4.69, 9.17) is 5.73 Å². The first kappa shape index (κ1) is 11.5. The lowest BCUT2D eigenvalue weighted by Gasteiger charge is -2.03. The first-order valence-electron chi connectivity index (χ1n) is 6.07. The summed E-state index contributed by atoms with van der Waals surface area (Å²) in [5.41, 5.74) is 7.25. The summed E-state index contributed by atoms with van der Waals surface area (Å²) in [4.78, 5) is 26.3. The molecule has 0 atom stereocenters. The van der Waals surface area contributed by atoms with Crippen LogP contribution in [0.4, 0.5) is 0 Å². The molecule has 0 aliphatic heterocycles. The largest absolute Gasteiger partial charge is 0.366 e. The monoisotopic (exact) mass is 255 g/mol. The summed E-state index contributed by atoms with van der Waals surface area (Å²) in [5, 5.41) is 1.16. The van der Waals surface area contributed by atoms with Crippen LogP contribution < -0.4 is 11.3 Å². The molecule has 0 spiro atoms. The molecule has 0 radical (unpaired) electrons. The lowest BCUT2D eigenvalue weighted by Crippen LogP contribution is -2.12. The quantitative estimate of drug-likeness (QED) is 0.729. The Balaban J connectivity index is 2.69. The standard InChI is InChI=1S/C14H13N3O2/c1-2-17-9-5-3-4-8(13(15)18)11(9)12-10(17)6-7-16-14(12)19/h3-7H,2H2,1H3,(H2,15,18)(H,16,19). The Morgan fingerprint density at radius 2 is 2.00 bits per heavy atom. The van der Waals surface area contributed by atoms with Crippen molar-refractivity contribution < 1.29 is 4.79 Å². The van der Waals surface area contributed by atoms with E-state index in [2.05, 4.69) is 4.98 Å². The molecule has 5 heteroatoms. The van der Waals surface area contributed by atoms with Gasteiger partial charge in [0, 0.05) is 23.7 Å². The summed E-state index contributed by atoms with van der Waals surface area (Å²) in [7, 11) is 0. The summed E-state index contributed by atoms with van der Waals surface area (Å²) < 4.78 is 2.01. The second kappa shape index (κ2) is 3.98. The highest BCUT2D eigenvalue weighted by molar-refractivity contribution is 6.17. The molecule has 1 aromatic carbocycles. The van der Waals surface area contributed by atoms with Crippen molar-refractivity contribution in [2.24, 2.45) is 5.73 Å². The molecule has 5 nitrogen and oxygen atoms in total. The van der Waals surface area contributed by atoms with Gasteiger partial charge in [-0.1, -0.05) is 6.07 Å². The number of nitrogens with zero attached hydrogens (tertiary/aromatic N) is 1. The Bertz CT molecular complexity index is 858. The number of primary amides is 1. The number of aromatic nitrogens is 2. The fourth-order valence-electron chi connectivity index (χ4n) is 2.64. The van der Waals surface area contributed by atoms with Gasteiger partial charge in [0.1, 0.15) is 0 Å². The number of aromatic amines is 1. The number of aryl methyl sites for hydroxylation is 1. The van der Waals surface area contributed by atoms with Crippen molar-refractivity contribution in [2.75, 3.05) is 0 Å². The van der Waals surface area contributed by atoms with E-state index in [0.29, 0.717) is 22.9 Å². The predicted octanol–water partition coefficient (Wildman–Crippen LogP) is 1.60. The van der Waals surface area contributed by atoms with Crippen LogP contribution in [-0.2, 0) is 6.54 Å². The molecule has 0 bridgehead atoms.